The Morgan fingerprint density at radius 1 is 1.04 bits per heavy atom. The predicted molar refractivity (Wildman–Crippen MR) is 79.0 cm³/mol. The molecule has 23 heavy (non-hydrogen) atoms. The third kappa shape index (κ3) is 0.888. The summed E-state index contributed by atoms with van der Waals surface area (Å²) in [6, 6.07) is 6.79. The van der Waals surface area contributed by atoms with Gasteiger partial charge in [0, 0.05) is 22.5 Å². The maximum atomic E-state index is 13.3. The molecular formula is C19H14O4. The van der Waals surface area contributed by atoms with Gasteiger partial charge >= 0.3 is 0 Å². The van der Waals surface area contributed by atoms with Crippen LogP contribution in [0.2, 0.25) is 0 Å². The van der Waals surface area contributed by atoms with Gasteiger partial charge in [0.15, 0.2) is 17.2 Å². The molecule has 1 aromatic rings. The molecule has 6 atom stereocenters. The number of fused-ring (bicyclic) bond motifs is 6. The first-order chi connectivity index (χ1) is 11.0. The molecule has 114 valence electrons. The van der Waals surface area contributed by atoms with E-state index < -0.39 is 16.6 Å². The van der Waals surface area contributed by atoms with E-state index in [-0.39, 0.29) is 35.1 Å². The Labute approximate surface area is 132 Å². The average molecular weight is 306 g/mol. The van der Waals surface area contributed by atoms with Crippen LogP contribution in [-0.4, -0.2) is 28.6 Å². The predicted octanol–water partition coefficient (Wildman–Crippen LogP) is 1.98. The number of allylic oxidation sites excluding steroid dienone is 2. The molecule has 0 aromatic heterocycles. The van der Waals surface area contributed by atoms with E-state index in [1.54, 1.807) is 24.3 Å². The van der Waals surface area contributed by atoms with Crippen molar-refractivity contribution in [2.75, 3.05) is 0 Å². The van der Waals surface area contributed by atoms with Crippen molar-refractivity contribution in [2.24, 2.45) is 23.2 Å². The molecule has 4 nitrogen and oxygen atoms in total. The normalized spacial score (nSPS) is 50.7. The first-order valence-electron chi connectivity index (χ1n) is 8.11. The zero-order chi connectivity index (χ0) is 15.8. The summed E-state index contributed by atoms with van der Waals surface area (Å²) in [6.45, 7) is 1.93. The fraction of sp³-hybridized carbons (Fsp3) is 0.421. The number of rotatable bonds is 0. The fourth-order valence-corrected chi connectivity index (χ4v) is 6.15. The highest BCUT2D eigenvalue weighted by molar-refractivity contribution is 6.36. The van der Waals surface area contributed by atoms with Crippen LogP contribution in [0.4, 0.5) is 0 Å². The topological polar surface area (TPSA) is 63.7 Å². The van der Waals surface area contributed by atoms with Gasteiger partial charge in [-0.3, -0.25) is 14.4 Å². The van der Waals surface area contributed by atoms with Crippen LogP contribution in [0.5, 0.6) is 0 Å². The highest BCUT2D eigenvalue weighted by Gasteiger charge is 2.96. The summed E-state index contributed by atoms with van der Waals surface area (Å²) >= 11 is 0. The summed E-state index contributed by atoms with van der Waals surface area (Å²) in [6.07, 6.45) is 5.08. The van der Waals surface area contributed by atoms with Gasteiger partial charge in [-0.15, -0.1) is 0 Å². The number of epoxide rings is 1. The molecule has 4 heteroatoms. The van der Waals surface area contributed by atoms with E-state index in [9.17, 15) is 14.4 Å². The number of ketones is 3. The average Bonchev–Trinajstić information content (AvgIpc) is 2.82. The number of hydrogen-bond acceptors (Lipinski definition) is 4. The second-order valence-electron chi connectivity index (χ2n) is 7.70. The van der Waals surface area contributed by atoms with Crippen molar-refractivity contribution in [1.82, 2.24) is 0 Å². The quantitative estimate of drug-likeness (QED) is 0.418. The van der Waals surface area contributed by atoms with E-state index in [1.807, 2.05) is 6.92 Å². The van der Waals surface area contributed by atoms with Crippen molar-refractivity contribution < 1.29 is 19.1 Å². The molecule has 1 aromatic carbocycles. The van der Waals surface area contributed by atoms with Gasteiger partial charge in [-0.25, -0.2) is 0 Å². The first kappa shape index (κ1) is 12.4. The van der Waals surface area contributed by atoms with Gasteiger partial charge in [0.1, 0.15) is 0 Å². The van der Waals surface area contributed by atoms with Gasteiger partial charge in [0.2, 0.25) is 11.4 Å². The molecule has 5 aliphatic rings. The summed E-state index contributed by atoms with van der Waals surface area (Å²) in [5.74, 6) is -0.581. The lowest BCUT2D eigenvalue weighted by Crippen LogP contribution is -2.47. The van der Waals surface area contributed by atoms with Crippen molar-refractivity contribution in [2.45, 2.75) is 24.5 Å². The number of carbonyl (C=O) groups excluding carboxylic acids is 3. The molecule has 0 radical (unpaired) electrons. The standard InChI is InChI=1S/C19H14O4/c1-17-10-7-6-9(8-10)13(17)18-14(20)11-4-2-3-5-12(11)15(21)19(18,23-18)16(17)22/h2-7,9-10,13H,8H2,1H3/t9-,10+,13?,17+,18-,19-/m1/s1. The summed E-state index contributed by atoms with van der Waals surface area (Å²) in [7, 11) is 0. The highest BCUT2D eigenvalue weighted by atomic mass is 16.7. The van der Waals surface area contributed by atoms with Crippen LogP contribution >= 0.6 is 0 Å². The number of carbonyl (C=O) groups is 3. The number of benzene rings is 1. The Kier molecular flexibility index (Phi) is 1.67. The smallest absolute Gasteiger partial charge is 0.227 e. The van der Waals surface area contributed by atoms with Gasteiger partial charge in [0.05, 0.1) is 0 Å². The lowest BCUT2D eigenvalue weighted by atomic mass is 9.67. The van der Waals surface area contributed by atoms with Crippen molar-refractivity contribution in [3.63, 3.8) is 0 Å². The van der Waals surface area contributed by atoms with Gasteiger partial charge in [-0.1, -0.05) is 43.3 Å². The molecule has 1 saturated heterocycles. The molecule has 2 saturated carbocycles. The summed E-state index contributed by atoms with van der Waals surface area (Å²) in [5.41, 5.74) is -2.68. The zero-order valence-corrected chi connectivity index (χ0v) is 12.5. The van der Waals surface area contributed by atoms with Crippen LogP contribution in [0.25, 0.3) is 0 Å². The number of hydrogen-bond donors (Lipinski definition) is 0. The maximum absolute atomic E-state index is 13.3. The molecule has 6 rings (SSSR count). The van der Waals surface area contributed by atoms with E-state index in [2.05, 4.69) is 12.2 Å². The SMILES string of the molecule is C[C@@]12C(=O)[C@@]34O[C@@]3(C(=O)c3ccccc3C4=O)C1[C@@H]1C=C[C@H]2C1. The van der Waals surface area contributed by atoms with E-state index in [0.717, 1.165) is 6.42 Å². The first-order valence-corrected chi connectivity index (χ1v) is 8.11. The molecule has 1 heterocycles. The second-order valence-corrected chi connectivity index (χ2v) is 7.70. The van der Waals surface area contributed by atoms with Gasteiger partial charge in [-0.2, -0.15) is 0 Å². The number of ether oxygens (including phenoxy) is 1. The molecule has 0 N–H and O–H groups in total. The Hall–Kier alpha value is -2.07. The largest absolute Gasteiger partial charge is 0.337 e. The minimum absolute atomic E-state index is 0.122. The van der Waals surface area contributed by atoms with Crippen LogP contribution in [0, 0.1) is 23.2 Å². The van der Waals surface area contributed by atoms with E-state index in [1.165, 1.54) is 0 Å². The molecule has 2 bridgehead atoms. The lowest BCUT2D eigenvalue weighted by Gasteiger charge is -2.35. The molecule has 0 spiro atoms. The molecule has 0 amide bonds. The van der Waals surface area contributed by atoms with E-state index in [4.69, 9.17) is 4.74 Å². The molecule has 1 unspecified atom stereocenters. The molecule has 3 fully saturated rings. The third-order valence-electron chi connectivity index (χ3n) is 7.08. The zero-order valence-electron chi connectivity index (χ0n) is 12.5. The fourth-order valence-electron chi connectivity index (χ4n) is 6.15. The van der Waals surface area contributed by atoms with Crippen LogP contribution in [0.1, 0.15) is 34.1 Å². The van der Waals surface area contributed by atoms with Crippen LogP contribution in [-0.2, 0) is 9.53 Å². The second kappa shape index (κ2) is 3.11. The van der Waals surface area contributed by atoms with Gasteiger partial charge in [0.25, 0.3) is 0 Å². The van der Waals surface area contributed by atoms with E-state index in [0.29, 0.717) is 11.1 Å². The van der Waals surface area contributed by atoms with Crippen molar-refractivity contribution in [1.29, 1.82) is 0 Å². The molecule has 4 aliphatic carbocycles. The Morgan fingerprint density at radius 3 is 2.48 bits per heavy atom. The van der Waals surface area contributed by atoms with Crippen molar-refractivity contribution in [3.8, 4) is 0 Å². The lowest BCUT2D eigenvalue weighted by molar-refractivity contribution is -0.135. The number of Topliss-reactive ketones (excluding diaryl/α,β-unsaturated/α-hetero) is 3. The van der Waals surface area contributed by atoms with E-state index >= 15 is 0 Å². The van der Waals surface area contributed by atoms with Gasteiger partial charge < -0.3 is 4.74 Å². The third-order valence-corrected chi connectivity index (χ3v) is 7.08. The van der Waals surface area contributed by atoms with Crippen LogP contribution in [0.3, 0.4) is 0 Å². The Balaban J connectivity index is 1.68. The summed E-state index contributed by atoms with van der Waals surface area (Å²) in [5, 5.41) is 0. The van der Waals surface area contributed by atoms with Gasteiger partial charge in [-0.05, 0) is 18.3 Å². The van der Waals surface area contributed by atoms with Crippen LogP contribution < -0.4 is 0 Å². The summed E-state index contributed by atoms with van der Waals surface area (Å²) < 4.78 is 5.86. The Morgan fingerprint density at radius 2 is 1.74 bits per heavy atom. The van der Waals surface area contributed by atoms with Crippen molar-refractivity contribution >= 4 is 17.3 Å². The maximum Gasteiger partial charge on any atom is 0.227 e. The minimum atomic E-state index is -1.54. The summed E-state index contributed by atoms with van der Waals surface area (Å²) in [4.78, 5) is 39.7. The van der Waals surface area contributed by atoms with Crippen LogP contribution in [0.15, 0.2) is 36.4 Å². The van der Waals surface area contributed by atoms with Crippen molar-refractivity contribution in [3.05, 3.63) is 47.5 Å². The Bertz CT molecular complexity index is 898. The monoisotopic (exact) mass is 306 g/mol. The molecule has 1 aliphatic heterocycles. The highest BCUT2D eigenvalue weighted by Crippen LogP contribution is 2.78. The molecular weight excluding hydrogens is 292 g/mol. The minimum Gasteiger partial charge on any atom is -0.337 e.